The molecule has 0 radical (unpaired) electrons. The molecular formula is C18H18ClF3N4O. The normalized spacial score (nSPS) is 15.7. The standard InChI is InChI=1S/C18H18ClF3N4O/c1-25-6-8-26(9-7-25)17(27)16-11-13(4-5-23-16)24-15-3-2-12(19)10-14(15)18(20,21)22/h2-5,10-11H,6-9H2,1H3,(H,23,24). The second-order valence-corrected chi connectivity index (χ2v) is 6.77. The molecule has 1 aromatic heterocycles. The number of rotatable bonds is 3. The Labute approximate surface area is 159 Å². The third-order valence-corrected chi connectivity index (χ3v) is 4.57. The fourth-order valence-electron chi connectivity index (χ4n) is 2.81. The predicted molar refractivity (Wildman–Crippen MR) is 97.4 cm³/mol. The van der Waals surface area contributed by atoms with Crippen molar-refractivity contribution in [3.05, 3.63) is 52.8 Å². The number of halogens is 4. The van der Waals surface area contributed by atoms with Crippen molar-refractivity contribution in [3.8, 4) is 0 Å². The van der Waals surface area contributed by atoms with Gasteiger partial charge in [-0.1, -0.05) is 11.6 Å². The number of anilines is 2. The number of aromatic nitrogens is 1. The first-order valence-corrected chi connectivity index (χ1v) is 8.69. The Morgan fingerprint density at radius 2 is 1.85 bits per heavy atom. The number of piperazine rings is 1. The first kappa shape index (κ1) is 19.4. The molecule has 0 spiro atoms. The zero-order valence-corrected chi connectivity index (χ0v) is 15.3. The lowest BCUT2D eigenvalue weighted by molar-refractivity contribution is -0.136. The average molecular weight is 399 g/mol. The van der Waals surface area contributed by atoms with Gasteiger partial charge in [-0.05, 0) is 37.4 Å². The molecule has 1 N–H and O–H groups in total. The van der Waals surface area contributed by atoms with Gasteiger partial charge >= 0.3 is 6.18 Å². The Balaban J connectivity index is 1.82. The fourth-order valence-corrected chi connectivity index (χ4v) is 2.98. The van der Waals surface area contributed by atoms with Crippen molar-refractivity contribution < 1.29 is 18.0 Å². The predicted octanol–water partition coefficient (Wildman–Crippen LogP) is 3.89. The maximum Gasteiger partial charge on any atom is 0.418 e. The Morgan fingerprint density at radius 3 is 2.52 bits per heavy atom. The second kappa shape index (κ2) is 7.74. The number of nitrogens with zero attached hydrogens (tertiary/aromatic N) is 3. The van der Waals surface area contributed by atoms with Gasteiger partial charge in [-0.15, -0.1) is 0 Å². The van der Waals surface area contributed by atoms with Crippen molar-refractivity contribution >= 4 is 28.9 Å². The van der Waals surface area contributed by atoms with Crippen LogP contribution in [0, 0.1) is 0 Å². The van der Waals surface area contributed by atoms with Gasteiger partial charge in [0.05, 0.1) is 11.3 Å². The minimum absolute atomic E-state index is 0.00598. The van der Waals surface area contributed by atoms with Crippen molar-refractivity contribution in [2.24, 2.45) is 0 Å². The van der Waals surface area contributed by atoms with Gasteiger partial charge in [0.1, 0.15) is 5.69 Å². The average Bonchev–Trinajstić information content (AvgIpc) is 2.63. The monoisotopic (exact) mass is 398 g/mol. The third-order valence-electron chi connectivity index (χ3n) is 4.34. The van der Waals surface area contributed by atoms with E-state index in [1.807, 2.05) is 7.05 Å². The lowest BCUT2D eigenvalue weighted by Crippen LogP contribution is -2.47. The summed E-state index contributed by atoms with van der Waals surface area (Å²) in [4.78, 5) is 20.5. The Kier molecular flexibility index (Phi) is 5.57. The van der Waals surface area contributed by atoms with E-state index in [0.717, 1.165) is 19.2 Å². The molecule has 27 heavy (non-hydrogen) atoms. The summed E-state index contributed by atoms with van der Waals surface area (Å²) in [7, 11) is 1.98. The van der Waals surface area contributed by atoms with Crippen LogP contribution in [0.3, 0.4) is 0 Å². The van der Waals surface area contributed by atoms with Crippen LogP contribution in [0.1, 0.15) is 16.1 Å². The van der Waals surface area contributed by atoms with Crippen LogP contribution in [-0.4, -0.2) is 53.9 Å². The highest BCUT2D eigenvalue weighted by Crippen LogP contribution is 2.37. The largest absolute Gasteiger partial charge is 0.418 e. The number of alkyl halides is 3. The van der Waals surface area contributed by atoms with E-state index in [-0.39, 0.29) is 22.3 Å². The topological polar surface area (TPSA) is 48.5 Å². The number of carbonyl (C=O) groups excluding carboxylic acids is 1. The van der Waals surface area contributed by atoms with E-state index in [0.29, 0.717) is 18.8 Å². The first-order valence-electron chi connectivity index (χ1n) is 8.31. The smallest absolute Gasteiger partial charge is 0.355 e. The van der Waals surface area contributed by atoms with Crippen molar-refractivity contribution in [3.63, 3.8) is 0 Å². The van der Waals surface area contributed by atoms with Gasteiger partial charge in [-0.25, -0.2) is 0 Å². The SMILES string of the molecule is CN1CCN(C(=O)c2cc(Nc3ccc(Cl)cc3C(F)(F)F)ccn2)CC1. The molecule has 5 nitrogen and oxygen atoms in total. The molecule has 0 unspecified atom stereocenters. The molecule has 1 aromatic carbocycles. The van der Waals surface area contributed by atoms with Gasteiger partial charge in [0.25, 0.3) is 5.91 Å². The molecule has 1 aliphatic heterocycles. The van der Waals surface area contributed by atoms with E-state index in [1.165, 1.54) is 30.5 Å². The molecule has 0 atom stereocenters. The van der Waals surface area contributed by atoms with E-state index >= 15 is 0 Å². The minimum atomic E-state index is -4.56. The number of carbonyl (C=O) groups is 1. The quantitative estimate of drug-likeness (QED) is 0.852. The molecule has 1 amide bonds. The molecule has 0 bridgehead atoms. The van der Waals surface area contributed by atoms with E-state index in [2.05, 4.69) is 15.2 Å². The van der Waals surface area contributed by atoms with Crippen molar-refractivity contribution in [2.75, 3.05) is 38.5 Å². The molecule has 144 valence electrons. The number of hydrogen-bond donors (Lipinski definition) is 1. The van der Waals surface area contributed by atoms with Gasteiger partial charge in [0.15, 0.2) is 0 Å². The summed E-state index contributed by atoms with van der Waals surface area (Å²) in [6.45, 7) is 2.71. The maximum atomic E-state index is 13.2. The van der Waals surface area contributed by atoms with Crippen molar-refractivity contribution in [2.45, 2.75) is 6.18 Å². The van der Waals surface area contributed by atoms with Gasteiger partial charge < -0.3 is 15.1 Å². The van der Waals surface area contributed by atoms with E-state index < -0.39 is 11.7 Å². The van der Waals surface area contributed by atoms with Crippen LogP contribution in [0.2, 0.25) is 5.02 Å². The van der Waals surface area contributed by atoms with Gasteiger partial charge in [0, 0.05) is 43.1 Å². The zero-order valence-electron chi connectivity index (χ0n) is 14.6. The second-order valence-electron chi connectivity index (χ2n) is 6.34. The first-order chi connectivity index (χ1) is 12.7. The molecule has 1 fully saturated rings. The molecular weight excluding hydrogens is 381 g/mol. The Bertz CT molecular complexity index is 836. The third kappa shape index (κ3) is 4.70. The number of likely N-dealkylation sites (N-methyl/N-ethyl adjacent to an activating group) is 1. The van der Waals surface area contributed by atoms with Gasteiger partial charge in [0.2, 0.25) is 0 Å². The van der Waals surface area contributed by atoms with Crippen LogP contribution in [-0.2, 0) is 6.18 Å². The highest BCUT2D eigenvalue weighted by molar-refractivity contribution is 6.30. The summed E-state index contributed by atoms with van der Waals surface area (Å²) in [5.74, 6) is -0.237. The molecule has 1 aliphatic rings. The summed E-state index contributed by atoms with van der Waals surface area (Å²) in [6, 6.07) is 6.45. The summed E-state index contributed by atoms with van der Waals surface area (Å²) in [5, 5.41) is 2.71. The summed E-state index contributed by atoms with van der Waals surface area (Å²) in [6.07, 6.45) is -3.16. The summed E-state index contributed by atoms with van der Waals surface area (Å²) >= 11 is 5.70. The van der Waals surface area contributed by atoms with Crippen LogP contribution in [0.25, 0.3) is 0 Å². The molecule has 1 saturated heterocycles. The molecule has 3 rings (SSSR count). The van der Waals surface area contributed by atoms with Gasteiger partial charge in [-0.3, -0.25) is 9.78 Å². The van der Waals surface area contributed by atoms with E-state index in [4.69, 9.17) is 11.6 Å². The molecule has 0 saturated carbocycles. The lowest BCUT2D eigenvalue weighted by atomic mass is 10.1. The van der Waals surface area contributed by atoms with Crippen LogP contribution in [0.5, 0.6) is 0 Å². The Morgan fingerprint density at radius 1 is 1.15 bits per heavy atom. The highest BCUT2D eigenvalue weighted by Gasteiger charge is 2.34. The van der Waals surface area contributed by atoms with E-state index in [9.17, 15) is 18.0 Å². The number of benzene rings is 1. The Hall–Kier alpha value is -2.32. The maximum absolute atomic E-state index is 13.2. The van der Waals surface area contributed by atoms with Crippen molar-refractivity contribution in [1.29, 1.82) is 0 Å². The fraction of sp³-hybridized carbons (Fsp3) is 0.333. The number of hydrogen-bond acceptors (Lipinski definition) is 4. The number of pyridine rings is 1. The van der Waals surface area contributed by atoms with Crippen LogP contribution in [0.4, 0.5) is 24.5 Å². The number of nitrogens with one attached hydrogen (secondary N) is 1. The van der Waals surface area contributed by atoms with Crippen LogP contribution < -0.4 is 5.32 Å². The van der Waals surface area contributed by atoms with Gasteiger partial charge in [-0.2, -0.15) is 13.2 Å². The molecule has 2 heterocycles. The van der Waals surface area contributed by atoms with Crippen LogP contribution >= 0.6 is 11.6 Å². The highest BCUT2D eigenvalue weighted by atomic mass is 35.5. The van der Waals surface area contributed by atoms with Crippen molar-refractivity contribution in [1.82, 2.24) is 14.8 Å². The summed E-state index contributed by atoms with van der Waals surface area (Å²) in [5.41, 5.74) is -0.489. The number of amides is 1. The summed E-state index contributed by atoms with van der Waals surface area (Å²) < 4.78 is 39.7. The zero-order chi connectivity index (χ0) is 19.6. The molecule has 9 heteroatoms. The molecule has 2 aromatic rings. The molecule has 0 aliphatic carbocycles. The van der Waals surface area contributed by atoms with E-state index in [1.54, 1.807) is 4.90 Å². The minimum Gasteiger partial charge on any atom is -0.355 e. The van der Waals surface area contributed by atoms with Crippen LogP contribution in [0.15, 0.2) is 36.5 Å². The lowest BCUT2D eigenvalue weighted by Gasteiger charge is -2.32.